The number of hydrazine groups is 1. The van der Waals surface area contributed by atoms with Crippen LogP contribution in [0, 0.1) is 11.3 Å². The van der Waals surface area contributed by atoms with Crippen molar-refractivity contribution in [1.82, 2.24) is 16.2 Å². The van der Waals surface area contributed by atoms with Crippen LogP contribution in [-0.2, 0) is 9.59 Å². The quantitative estimate of drug-likeness (QED) is 0.430. The predicted octanol–water partition coefficient (Wildman–Crippen LogP) is 2.54. The lowest BCUT2D eigenvalue weighted by Crippen LogP contribution is -2.47. The van der Waals surface area contributed by atoms with Crippen LogP contribution >= 0.6 is 15.9 Å². The molecular formula is C22H17BrN4O5. The number of rotatable bonds is 7. The number of furan rings is 1. The average molecular weight is 497 g/mol. The van der Waals surface area contributed by atoms with Gasteiger partial charge in [0, 0.05) is 0 Å². The summed E-state index contributed by atoms with van der Waals surface area (Å²) >= 11 is 3.08. The molecule has 0 aliphatic carbocycles. The molecule has 9 nitrogen and oxygen atoms in total. The molecule has 0 aliphatic heterocycles. The summed E-state index contributed by atoms with van der Waals surface area (Å²) in [6, 6.07) is 19.3. The van der Waals surface area contributed by atoms with E-state index < -0.39 is 17.7 Å². The molecule has 1 aromatic heterocycles. The fourth-order valence-electron chi connectivity index (χ4n) is 2.53. The summed E-state index contributed by atoms with van der Waals surface area (Å²) in [5.74, 6) is -1.24. The topological polar surface area (TPSA) is 133 Å². The molecule has 2 aromatic carbocycles. The van der Waals surface area contributed by atoms with Crippen molar-refractivity contribution in [3.63, 3.8) is 0 Å². The van der Waals surface area contributed by atoms with Crippen LogP contribution in [0.4, 0.5) is 0 Å². The van der Waals surface area contributed by atoms with Gasteiger partial charge in [0.2, 0.25) is 0 Å². The van der Waals surface area contributed by atoms with Gasteiger partial charge in [0.1, 0.15) is 5.75 Å². The van der Waals surface area contributed by atoms with Gasteiger partial charge in [0.05, 0.1) is 18.2 Å². The van der Waals surface area contributed by atoms with E-state index in [1.165, 1.54) is 6.07 Å². The lowest BCUT2D eigenvalue weighted by atomic mass is 10.0. The summed E-state index contributed by atoms with van der Waals surface area (Å²) in [5, 5.41) is 11.2. The summed E-state index contributed by atoms with van der Waals surface area (Å²) in [6.45, 7) is -0.668. The van der Waals surface area contributed by atoms with Crippen molar-refractivity contribution in [3.05, 3.63) is 76.7 Å². The van der Waals surface area contributed by atoms with E-state index in [4.69, 9.17) is 14.4 Å². The minimum atomic E-state index is -0.621. The SMILES string of the molecule is N#Cc1ccc(-c2ccc(OCC(=O)NNC(=O)CNC(=O)c3ccc(Br)o3)cc2)cc1. The molecule has 0 fully saturated rings. The number of carbonyl (C=O) groups is 3. The highest BCUT2D eigenvalue weighted by molar-refractivity contribution is 9.10. The fourth-order valence-corrected chi connectivity index (χ4v) is 2.84. The largest absolute Gasteiger partial charge is 0.484 e. The van der Waals surface area contributed by atoms with E-state index in [-0.39, 0.29) is 18.9 Å². The Balaban J connectivity index is 1.38. The maximum atomic E-state index is 11.8. The molecule has 3 rings (SSSR count). The van der Waals surface area contributed by atoms with E-state index in [1.54, 1.807) is 30.3 Å². The molecule has 162 valence electrons. The molecule has 3 aromatic rings. The molecule has 0 spiro atoms. The van der Waals surface area contributed by atoms with E-state index >= 15 is 0 Å². The molecule has 32 heavy (non-hydrogen) atoms. The zero-order chi connectivity index (χ0) is 22.9. The van der Waals surface area contributed by atoms with Crippen molar-refractivity contribution in [2.24, 2.45) is 0 Å². The Morgan fingerprint density at radius 2 is 1.53 bits per heavy atom. The molecule has 1 heterocycles. The number of ether oxygens (including phenoxy) is 1. The molecule has 10 heteroatoms. The molecule has 0 atom stereocenters. The zero-order valence-electron chi connectivity index (χ0n) is 16.6. The third kappa shape index (κ3) is 6.45. The lowest BCUT2D eigenvalue weighted by Gasteiger charge is -2.10. The van der Waals surface area contributed by atoms with Crippen LogP contribution in [0.2, 0.25) is 0 Å². The molecule has 0 radical (unpaired) electrons. The van der Waals surface area contributed by atoms with Crippen LogP contribution in [0.1, 0.15) is 16.1 Å². The summed E-state index contributed by atoms with van der Waals surface area (Å²) in [4.78, 5) is 35.4. The number of amides is 3. The summed E-state index contributed by atoms with van der Waals surface area (Å²) in [7, 11) is 0. The first-order valence-electron chi connectivity index (χ1n) is 9.29. The molecule has 0 bridgehead atoms. The first kappa shape index (κ1) is 22.6. The summed E-state index contributed by atoms with van der Waals surface area (Å²) in [6.07, 6.45) is 0. The van der Waals surface area contributed by atoms with E-state index in [0.717, 1.165) is 11.1 Å². The highest BCUT2D eigenvalue weighted by Gasteiger charge is 2.12. The van der Waals surface area contributed by atoms with Gasteiger partial charge in [-0.1, -0.05) is 24.3 Å². The van der Waals surface area contributed by atoms with Crippen molar-refractivity contribution in [2.75, 3.05) is 13.2 Å². The third-order valence-electron chi connectivity index (χ3n) is 4.12. The van der Waals surface area contributed by atoms with E-state index in [1.807, 2.05) is 24.3 Å². The second-order valence-corrected chi connectivity index (χ2v) is 7.17. The van der Waals surface area contributed by atoms with Gasteiger partial charge in [0.25, 0.3) is 17.7 Å². The average Bonchev–Trinajstić information content (AvgIpc) is 3.26. The molecule has 3 N–H and O–H groups in total. The van der Waals surface area contributed by atoms with Crippen LogP contribution < -0.4 is 20.9 Å². The number of halogens is 1. The second kappa shape index (κ2) is 10.8. The van der Waals surface area contributed by atoms with Crippen LogP contribution in [0.3, 0.4) is 0 Å². The van der Waals surface area contributed by atoms with Crippen molar-refractivity contribution in [2.45, 2.75) is 0 Å². The van der Waals surface area contributed by atoms with Crippen molar-refractivity contribution in [3.8, 4) is 22.9 Å². The standard InChI is InChI=1S/C22H17BrN4O5/c23-19-10-9-18(32-19)22(30)25-12-20(28)26-27-21(29)13-31-17-7-5-16(6-8-17)15-3-1-14(11-24)2-4-15/h1-10H,12-13H2,(H,25,30)(H,26,28)(H,27,29). The van der Waals surface area contributed by atoms with Gasteiger partial charge in [-0.2, -0.15) is 5.26 Å². The number of hydrogen-bond donors (Lipinski definition) is 3. The van der Waals surface area contributed by atoms with Gasteiger partial charge in [-0.25, -0.2) is 0 Å². The maximum Gasteiger partial charge on any atom is 0.287 e. The molecule has 0 saturated carbocycles. The highest BCUT2D eigenvalue weighted by atomic mass is 79.9. The molecule has 3 amide bonds. The second-order valence-electron chi connectivity index (χ2n) is 6.38. The Kier molecular flexibility index (Phi) is 7.61. The zero-order valence-corrected chi connectivity index (χ0v) is 18.1. The Labute approximate surface area is 191 Å². The number of benzene rings is 2. The Hall–Kier alpha value is -4.10. The smallest absolute Gasteiger partial charge is 0.287 e. The maximum absolute atomic E-state index is 11.8. The fraction of sp³-hybridized carbons (Fsp3) is 0.0909. The van der Waals surface area contributed by atoms with Crippen molar-refractivity contribution >= 4 is 33.7 Å². The molecular weight excluding hydrogens is 480 g/mol. The Morgan fingerprint density at radius 3 is 2.12 bits per heavy atom. The van der Waals surface area contributed by atoms with Crippen molar-refractivity contribution in [1.29, 1.82) is 5.26 Å². The molecule has 0 saturated heterocycles. The number of carbonyl (C=O) groups excluding carboxylic acids is 3. The lowest BCUT2D eigenvalue weighted by molar-refractivity contribution is -0.129. The van der Waals surface area contributed by atoms with Gasteiger partial charge < -0.3 is 14.5 Å². The van der Waals surface area contributed by atoms with Gasteiger partial charge in [0.15, 0.2) is 17.0 Å². The van der Waals surface area contributed by atoms with Crippen LogP contribution in [0.15, 0.2) is 69.8 Å². The normalized spacial score (nSPS) is 10.0. The van der Waals surface area contributed by atoms with E-state index in [2.05, 4.69) is 38.2 Å². The van der Waals surface area contributed by atoms with Gasteiger partial charge >= 0.3 is 0 Å². The summed E-state index contributed by atoms with van der Waals surface area (Å²) in [5.41, 5.74) is 6.83. The predicted molar refractivity (Wildman–Crippen MR) is 117 cm³/mol. The number of hydrogen-bond acceptors (Lipinski definition) is 6. The monoisotopic (exact) mass is 496 g/mol. The minimum absolute atomic E-state index is 0.0484. The summed E-state index contributed by atoms with van der Waals surface area (Å²) < 4.78 is 10.9. The van der Waals surface area contributed by atoms with Gasteiger partial charge in [-0.05, 0) is 63.5 Å². The van der Waals surface area contributed by atoms with E-state index in [0.29, 0.717) is 16.0 Å². The van der Waals surface area contributed by atoms with E-state index in [9.17, 15) is 14.4 Å². The number of nitriles is 1. The van der Waals surface area contributed by atoms with Gasteiger partial charge in [-0.3, -0.25) is 25.2 Å². The van der Waals surface area contributed by atoms with Crippen LogP contribution in [-0.4, -0.2) is 30.9 Å². The molecule has 0 aliphatic rings. The Bertz CT molecular complexity index is 1150. The van der Waals surface area contributed by atoms with Crippen LogP contribution in [0.5, 0.6) is 5.75 Å². The number of nitrogens with one attached hydrogen (secondary N) is 3. The first-order valence-corrected chi connectivity index (χ1v) is 10.1. The van der Waals surface area contributed by atoms with Crippen LogP contribution in [0.25, 0.3) is 11.1 Å². The van der Waals surface area contributed by atoms with Crippen molar-refractivity contribution < 1.29 is 23.5 Å². The molecule has 0 unspecified atom stereocenters. The highest BCUT2D eigenvalue weighted by Crippen LogP contribution is 2.22. The van der Waals surface area contributed by atoms with Gasteiger partial charge in [-0.15, -0.1) is 0 Å². The third-order valence-corrected chi connectivity index (χ3v) is 4.55. The first-order chi connectivity index (χ1) is 15.4. The minimum Gasteiger partial charge on any atom is -0.484 e. The Morgan fingerprint density at radius 1 is 0.906 bits per heavy atom. The number of nitrogens with zero attached hydrogens (tertiary/aromatic N) is 1.